The molecule has 1 aromatic heterocycles. The van der Waals surface area contributed by atoms with E-state index in [0.717, 1.165) is 29.7 Å². The minimum Gasteiger partial charge on any atom is -0.493 e. The maximum absolute atomic E-state index is 13.5. The van der Waals surface area contributed by atoms with E-state index >= 15 is 0 Å². The Balaban J connectivity index is 0.000000413. The molecule has 1 aliphatic rings. The van der Waals surface area contributed by atoms with Gasteiger partial charge in [-0.1, -0.05) is 58.1 Å². The van der Waals surface area contributed by atoms with Crippen molar-refractivity contribution < 1.29 is 18.7 Å². The van der Waals surface area contributed by atoms with Gasteiger partial charge in [0.25, 0.3) is 0 Å². The number of rotatable bonds is 8. The number of nitrogens with zero attached hydrogens (tertiary/aromatic N) is 3. The molecule has 0 saturated heterocycles. The number of methoxy groups -OCH3 is 1. The molecule has 9 heteroatoms. The molecule has 1 saturated carbocycles. The molecule has 1 heterocycles. The van der Waals surface area contributed by atoms with Crippen molar-refractivity contribution in [1.29, 1.82) is 0 Å². The van der Waals surface area contributed by atoms with Crippen LogP contribution in [0, 0.1) is 11.7 Å². The number of nitrogens with one attached hydrogen (secondary N) is 1. The number of unbranched alkanes of at least 4 members (excludes halogenated alkanes) is 3. The number of carbonyl (C=O) groups is 1. The second-order valence-electron chi connectivity index (χ2n) is 10.6. The predicted molar refractivity (Wildman–Crippen MR) is 167 cm³/mol. The van der Waals surface area contributed by atoms with E-state index in [4.69, 9.17) is 21.1 Å². The maximum atomic E-state index is 13.5. The summed E-state index contributed by atoms with van der Waals surface area (Å²) in [7, 11) is 5.07. The van der Waals surface area contributed by atoms with Gasteiger partial charge >= 0.3 is 0 Å². The van der Waals surface area contributed by atoms with Gasteiger partial charge in [0.1, 0.15) is 18.0 Å². The van der Waals surface area contributed by atoms with Crippen molar-refractivity contribution in [3.8, 4) is 11.5 Å². The summed E-state index contributed by atoms with van der Waals surface area (Å²) in [6, 6.07) is 8.20. The van der Waals surface area contributed by atoms with Crippen LogP contribution in [0.15, 0.2) is 36.7 Å². The molecular formula is C32H46ClFN4O3. The van der Waals surface area contributed by atoms with Gasteiger partial charge in [-0.3, -0.25) is 4.79 Å². The van der Waals surface area contributed by atoms with E-state index < -0.39 is 5.82 Å². The Labute approximate surface area is 249 Å². The summed E-state index contributed by atoms with van der Waals surface area (Å²) in [6.45, 7) is 8.27. The molecule has 4 rings (SSSR count). The van der Waals surface area contributed by atoms with Crippen LogP contribution in [0.2, 0.25) is 5.02 Å². The average Bonchev–Trinajstić information content (AvgIpc) is 2.95. The first-order valence-corrected chi connectivity index (χ1v) is 14.9. The highest BCUT2D eigenvalue weighted by Crippen LogP contribution is 2.37. The number of anilines is 2. The van der Waals surface area contributed by atoms with Crippen molar-refractivity contribution in [3.05, 3.63) is 47.5 Å². The lowest BCUT2D eigenvalue weighted by atomic mass is 9.89. The van der Waals surface area contributed by atoms with Crippen LogP contribution in [-0.4, -0.2) is 48.1 Å². The Hall–Kier alpha value is -3.13. The SMILES string of the molecule is CC(=O)N(C)C.CCCCCC.COc1cc2ncnc(Nc3ccc(F)c(Cl)c3)c2cc1OC1CCC(C)CC1. The highest BCUT2D eigenvalue weighted by molar-refractivity contribution is 6.31. The first-order valence-electron chi connectivity index (χ1n) is 14.5. The Kier molecular flexibility index (Phi) is 14.7. The van der Waals surface area contributed by atoms with Gasteiger partial charge in [0.05, 0.1) is 23.8 Å². The van der Waals surface area contributed by atoms with Crippen LogP contribution < -0.4 is 14.8 Å². The number of amides is 1. The fourth-order valence-electron chi connectivity index (χ4n) is 4.15. The smallest absolute Gasteiger partial charge is 0.218 e. The van der Waals surface area contributed by atoms with Crippen molar-refractivity contribution >= 4 is 39.9 Å². The minimum atomic E-state index is -0.466. The van der Waals surface area contributed by atoms with Crippen molar-refractivity contribution in [2.45, 2.75) is 85.2 Å². The quantitative estimate of drug-likeness (QED) is 0.265. The van der Waals surface area contributed by atoms with Crippen molar-refractivity contribution in [2.75, 3.05) is 26.5 Å². The Bertz CT molecular complexity index is 1230. The molecule has 1 N–H and O–H groups in total. The first kappa shape index (κ1) is 34.1. The molecule has 0 spiro atoms. The molecule has 0 unspecified atom stereocenters. The lowest BCUT2D eigenvalue weighted by Crippen LogP contribution is -2.23. The molecular weight excluding hydrogens is 543 g/mol. The van der Waals surface area contributed by atoms with E-state index in [-0.39, 0.29) is 17.0 Å². The topological polar surface area (TPSA) is 76.6 Å². The molecule has 2 aromatic carbocycles. The van der Waals surface area contributed by atoms with Gasteiger partial charge in [0, 0.05) is 38.2 Å². The number of carbonyl (C=O) groups excluding carboxylic acids is 1. The van der Waals surface area contributed by atoms with E-state index in [2.05, 4.69) is 36.1 Å². The Morgan fingerprint density at radius 3 is 2.22 bits per heavy atom. The molecule has 1 aliphatic carbocycles. The number of benzene rings is 2. The van der Waals surface area contributed by atoms with Crippen LogP contribution in [0.4, 0.5) is 15.9 Å². The fourth-order valence-corrected chi connectivity index (χ4v) is 4.33. The summed E-state index contributed by atoms with van der Waals surface area (Å²) < 4.78 is 25.3. The molecule has 226 valence electrons. The second-order valence-corrected chi connectivity index (χ2v) is 11.0. The molecule has 0 bridgehead atoms. The third kappa shape index (κ3) is 11.3. The first-order chi connectivity index (χ1) is 19.6. The fraction of sp³-hybridized carbons (Fsp3) is 0.531. The average molecular weight is 589 g/mol. The lowest BCUT2D eigenvalue weighted by Gasteiger charge is -2.27. The molecule has 1 amide bonds. The van der Waals surface area contributed by atoms with Crippen LogP contribution >= 0.6 is 11.6 Å². The number of ether oxygens (including phenoxy) is 2. The summed E-state index contributed by atoms with van der Waals surface area (Å²) >= 11 is 5.90. The highest BCUT2D eigenvalue weighted by Gasteiger charge is 2.22. The molecule has 3 aromatic rings. The molecule has 41 heavy (non-hydrogen) atoms. The predicted octanol–water partition coefficient (Wildman–Crippen LogP) is 8.81. The summed E-state index contributed by atoms with van der Waals surface area (Å²) in [5.74, 6) is 2.28. The number of fused-ring (bicyclic) bond motifs is 1. The summed E-state index contributed by atoms with van der Waals surface area (Å²) in [6.07, 6.45) is 11.6. The number of hydrogen-bond acceptors (Lipinski definition) is 6. The van der Waals surface area contributed by atoms with Crippen LogP contribution in [0.1, 0.15) is 79.1 Å². The molecule has 7 nitrogen and oxygen atoms in total. The largest absolute Gasteiger partial charge is 0.493 e. The van der Waals surface area contributed by atoms with Crippen molar-refractivity contribution in [2.24, 2.45) is 5.92 Å². The van der Waals surface area contributed by atoms with Crippen LogP contribution in [-0.2, 0) is 4.79 Å². The van der Waals surface area contributed by atoms with Crippen LogP contribution in [0.3, 0.4) is 0 Å². The summed E-state index contributed by atoms with van der Waals surface area (Å²) in [5, 5.41) is 4.02. The minimum absolute atomic E-state index is 0.0468. The van der Waals surface area contributed by atoms with Crippen molar-refractivity contribution in [3.63, 3.8) is 0 Å². The van der Waals surface area contributed by atoms with E-state index in [1.54, 1.807) is 27.3 Å². The van der Waals surface area contributed by atoms with Gasteiger partial charge in [-0.2, -0.15) is 0 Å². The monoisotopic (exact) mass is 588 g/mol. The normalized spacial score (nSPS) is 16.0. The number of aromatic nitrogens is 2. The van der Waals surface area contributed by atoms with Gasteiger partial charge in [-0.05, 0) is 55.9 Å². The molecule has 1 fully saturated rings. The van der Waals surface area contributed by atoms with Crippen molar-refractivity contribution in [1.82, 2.24) is 14.9 Å². The van der Waals surface area contributed by atoms with Gasteiger partial charge in [0.2, 0.25) is 5.91 Å². The van der Waals surface area contributed by atoms with Crippen LogP contribution in [0.5, 0.6) is 11.5 Å². The zero-order valence-corrected chi connectivity index (χ0v) is 26.4. The van der Waals surface area contributed by atoms with Gasteiger partial charge < -0.3 is 19.7 Å². The molecule has 0 atom stereocenters. The third-order valence-corrected chi connectivity index (χ3v) is 7.24. The Morgan fingerprint density at radius 1 is 1.05 bits per heavy atom. The summed E-state index contributed by atoms with van der Waals surface area (Å²) in [5.41, 5.74) is 1.35. The Morgan fingerprint density at radius 2 is 1.68 bits per heavy atom. The zero-order chi connectivity index (χ0) is 30.4. The van der Waals surface area contributed by atoms with Crippen LogP contribution in [0.25, 0.3) is 10.9 Å². The van der Waals surface area contributed by atoms with E-state index in [1.807, 2.05) is 12.1 Å². The van der Waals surface area contributed by atoms with Gasteiger partial charge in [-0.15, -0.1) is 0 Å². The second kappa shape index (κ2) is 17.6. The lowest BCUT2D eigenvalue weighted by molar-refractivity contribution is -0.126. The molecule has 0 radical (unpaired) electrons. The van der Waals surface area contributed by atoms with E-state index in [0.29, 0.717) is 23.0 Å². The third-order valence-electron chi connectivity index (χ3n) is 6.95. The number of hydrogen-bond donors (Lipinski definition) is 1. The van der Waals surface area contributed by atoms with E-state index in [1.165, 1.54) is 68.8 Å². The summed E-state index contributed by atoms with van der Waals surface area (Å²) in [4.78, 5) is 20.3. The zero-order valence-electron chi connectivity index (χ0n) is 25.6. The molecule has 0 aliphatic heterocycles. The number of halogens is 2. The van der Waals surface area contributed by atoms with E-state index in [9.17, 15) is 9.18 Å². The van der Waals surface area contributed by atoms with Gasteiger partial charge in [-0.25, -0.2) is 14.4 Å². The standard InChI is InChI=1S/C22H23ClFN3O2.C6H14.C4H9NO/c1-13-3-6-15(7-4-13)29-21-10-16-19(11-20(21)28-2)25-12-26-22(16)27-14-5-8-18(24)17(23)9-14;1-3-5-6-4-2;1-4(6)5(2)3/h5,8-13,15H,3-4,6-7H2,1-2H3,(H,25,26,27);3-6H2,1-2H3;1-3H3. The maximum Gasteiger partial charge on any atom is 0.218 e. The highest BCUT2D eigenvalue weighted by atomic mass is 35.5. The van der Waals surface area contributed by atoms with Gasteiger partial charge in [0.15, 0.2) is 11.5 Å².